The lowest BCUT2D eigenvalue weighted by atomic mass is 10.2. The number of rotatable bonds is 7. The van der Waals surface area contributed by atoms with Gasteiger partial charge < -0.3 is 19.1 Å². The van der Waals surface area contributed by atoms with Gasteiger partial charge in [0.15, 0.2) is 11.5 Å². The molecule has 0 atom stereocenters. The summed E-state index contributed by atoms with van der Waals surface area (Å²) < 4.78 is 16.6. The maximum Gasteiger partial charge on any atom is 0.250 e. The SMILES string of the molecule is COc1cccc(-c2nnn(CC(=O)N(Cc3cccs3)c3ccc4c(c3)OCCO4)n2)c1. The molecule has 0 fully saturated rings. The van der Waals surface area contributed by atoms with Crippen LogP contribution < -0.4 is 19.1 Å². The fraction of sp³-hybridized carbons (Fsp3) is 0.217. The Hall–Kier alpha value is -3.92. The van der Waals surface area contributed by atoms with Crippen LogP contribution in [-0.4, -0.2) is 46.4 Å². The van der Waals surface area contributed by atoms with Crippen molar-refractivity contribution < 1.29 is 19.0 Å². The number of ether oxygens (including phenoxy) is 3. The van der Waals surface area contributed by atoms with Crippen molar-refractivity contribution >= 4 is 22.9 Å². The number of benzene rings is 2. The van der Waals surface area contributed by atoms with Gasteiger partial charge in [0.1, 0.15) is 25.5 Å². The van der Waals surface area contributed by atoms with E-state index < -0.39 is 0 Å². The van der Waals surface area contributed by atoms with Gasteiger partial charge in [-0.2, -0.15) is 4.80 Å². The summed E-state index contributed by atoms with van der Waals surface area (Å²) in [5.41, 5.74) is 1.47. The van der Waals surface area contributed by atoms with Crippen molar-refractivity contribution in [1.82, 2.24) is 20.2 Å². The van der Waals surface area contributed by atoms with E-state index in [4.69, 9.17) is 14.2 Å². The molecule has 10 heteroatoms. The number of thiophene rings is 1. The minimum absolute atomic E-state index is 0.0587. The van der Waals surface area contributed by atoms with E-state index in [1.165, 1.54) is 4.80 Å². The summed E-state index contributed by atoms with van der Waals surface area (Å²) in [5, 5.41) is 14.6. The van der Waals surface area contributed by atoms with E-state index >= 15 is 0 Å². The zero-order chi connectivity index (χ0) is 22.6. The monoisotopic (exact) mass is 463 g/mol. The quantitative estimate of drug-likeness (QED) is 0.415. The zero-order valence-electron chi connectivity index (χ0n) is 17.9. The Balaban J connectivity index is 1.39. The number of aromatic nitrogens is 4. The largest absolute Gasteiger partial charge is 0.497 e. The molecule has 1 aliphatic rings. The van der Waals surface area contributed by atoms with Crippen LogP contribution in [-0.2, 0) is 17.9 Å². The molecule has 2 aromatic heterocycles. The van der Waals surface area contributed by atoms with Gasteiger partial charge in [-0.05, 0) is 40.9 Å². The Morgan fingerprint density at radius 3 is 2.82 bits per heavy atom. The summed E-state index contributed by atoms with van der Waals surface area (Å²) in [7, 11) is 1.60. The lowest BCUT2D eigenvalue weighted by Crippen LogP contribution is -2.34. The van der Waals surface area contributed by atoms with Crippen molar-refractivity contribution in [3.63, 3.8) is 0 Å². The molecule has 2 aromatic carbocycles. The third kappa shape index (κ3) is 4.65. The van der Waals surface area contributed by atoms with Crippen LogP contribution in [0, 0.1) is 0 Å². The topological polar surface area (TPSA) is 91.6 Å². The minimum atomic E-state index is -0.172. The first-order valence-electron chi connectivity index (χ1n) is 10.3. The van der Waals surface area contributed by atoms with Gasteiger partial charge in [0, 0.05) is 22.2 Å². The number of carbonyl (C=O) groups is 1. The molecule has 9 nitrogen and oxygen atoms in total. The fourth-order valence-electron chi connectivity index (χ4n) is 3.48. The average molecular weight is 464 g/mol. The van der Waals surface area contributed by atoms with Crippen LogP contribution in [0.4, 0.5) is 5.69 Å². The summed E-state index contributed by atoms with van der Waals surface area (Å²) in [6, 6.07) is 16.9. The fourth-order valence-corrected chi connectivity index (χ4v) is 4.17. The highest BCUT2D eigenvalue weighted by Crippen LogP contribution is 2.35. The third-order valence-electron chi connectivity index (χ3n) is 5.09. The molecule has 0 aliphatic carbocycles. The summed E-state index contributed by atoms with van der Waals surface area (Å²) in [5.74, 6) is 2.25. The maximum atomic E-state index is 13.4. The van der Waals surface area contributed by atoms with Crippen LogP contribution in [0.5, 0.6) is 17.2 Å². The summed E-state index contributed by atoms with van der Waals surface area (Å²) >= 11 is 1.59. The number of nitrogens with zero attached hydrogens (tertiary/aromatic N) is 5. The van der Waals surface area contributed by atoms with Gasteiger partial charge in [-0.1, -0.05) is 18.2 Å². The van der Waals surface area contributed by atoms with E-state index in [0.29, 0.717) is 48.5 Å². The zero-order valence-corrected chi connectivity index (χ0v) is 18.7. The molecule has 0 N–H and O–H groups in total. The third-order valence-corrected chi connectivity index (χ3v) is 5.95. The number of hydrogen-bond acceptors (Lipinski definition) is 8. The predicted octanol–water partition coefficient (Wildman–Crippen LogP) is 3.41. The average Bonchev–Trinajstić information content (AvgIpc) is 3.54. The normalized spacial score (nSPS) is 12.4. The number of tetrazole rings is 1. The van der Waals surface area contributed by atoms with Gasteiger partial charge in [-0.3, -0.25) is 4.79 Å². The van der Waals surface area contributed by atoms with Crippen LogP contribution in [0.3, 0.4) is 0 Å². The number of fused-ring (bicyclic) bond motifs is 1. The van der Waals surface area contributed by atoms with E-state index in [2.05, 4.69) is 15.4 Å². The number of amides is 1. The minimum Gasteiger partial charge on any atom is -0.497 e. The Labute approximate surface area is 194 Å². The molecule has 1 aliphatic heterocycles. The van der Waals surface area contributed by atoms with Crippen LogP contribution in [0.1, 0.15) is 4.88 Å². The van der Waals surface area contributed by atoms with Crippen LogP contribution in [0.15, 0.2) is 60.0 Å². The van der Waals surface area contributed by atoms with Crippen molar-refractivity contribution in [3.05, 3.63) is 64.9 Å². The molecule has 0 bridgehead atoms. The molecule has 1 amide bonds. The molecule has 5 rings (SSSR count). The highest BCUT2D eigenvalue weighted by molar-refractivity contribution is 7.09. The van der Waals surface area contributed by atoms with E-state index in [1.54, 1.807) is 23.3 Å². The maximum absolute atomic E-state index is 13.4. The van der Waals surface area contributed by atoms with E-state index in [1.807, 2.05) is 60.0 Å². The molecule has 3 heterocycles. The Kier molecular flexibility index (Phi) is 5.90. The van der Waals surface area contributed by atoms with Crippen LogP contribution in [0.2, 0.25) is 0 Å². The highest BCUT2D eigenvalue weighted by atomic mass is 32.1. The molecular weight excluding hydrogens is 442 g/mol. The van der Waals surface area contributed by atoms with Gasteiger partial charge in [0.05, 0.1) is 13.7 Å². The second-order valence-corrected chi connectivity index (χ2v) is 8.29. The van der Waals surface area contributed by atoms with Crippen molar-refractivity contribution in [2.24, 2.45) is 0 Å². The van der Waals surface area contributed by atoms with Crippen molar-refractivity contribution in [2.75, 3.05) is 25.2 Å². The molecule has 0 saturated carbocycles. The van der Waals surface area contributed by atoms with Crippen molar-refractivity contribution in [1.29, 1.82) is 0 Å². The molecule has 168 valence electrons. The van der Waals surface area contributed by atoms with Gasteiger partial charge >= 0.3 is 0 Å². The first-order valence-corrected chi connectivity index (χ1v) is 11.2. The van der Waals surface area contributed by atoms with E-state index in [-0.39, 0.29) is 12.5 Å². The smallest absolute Gasteiger partial charge is 0.250 e. The Morgan fingerprint density at radius 2 is 2.00 bits per heavy atom. The first kappa shape index (κ1) is 21.0. The standard InChI is InChI=1S/C23H21N5O4S/c1-30-18-5-2-4-16(12-18)23-24-26-28(25-23)15-22(29)27(14-19-6-3-11-33-19)17-7-8-20-21(13-17)32-10-9-31-20/h2-8,11-13H,9-10,14-15H2,1H3. The molecule has 33 heavy (non-hydrogen) atoms. The van der Waals surface area contributed by atoms with Gasteiger partial charge in [-0.15, -0.1) is 21.5 Å². The number of carbonyl (C=O) groups excluding carboxylic acids is 1. The summed E-state index contributed by atoms with van der Waals surface area (Å²) in [4.78, 5) is 17.4. The summed E-state index contributed by atoms with van der Waals surface area (Å²) in [6.45, 7) is 1.35. The van der Waals surface area contributed by atoms with E-state index in [9.17, 15) is 4.79 Å². The molecule has 0 saturated heterocycles. The Bertz CT molecular complexity index is 1260. The van der Waals surface area contributed by atoms with Crippen LogP contribution >= 0.6 is 11.3 Å². The lowest BCUT2D eigenvalue weighted by molar-refractivity contribution is -0.119. The molecule has 4 aromatic rings. The molecular formula is C23H21N5O4S. The van der Waals surface area contributed by atoms with Gasteiger partial charge in [0.2, 0.25) is 5.82 Å². The highest BCUT2D eigenvalue weighted by Gasteiger charge is 2.22. The molecule has 0 spiro atoms. The predicted molar refractivity (Wildman–Crippen MR) is 123 cm³/mol. The lowest BCUT2D eigenvalue weighted by Gasteiger charge is -2.25. The summed E-state index contributed by atoms with van der Waals surface area (Å²) in [6.07, 6.45) is 0. The molecule has 0 radical (unpaired) electrons. The van der Waals surface area contributed by atoms with Gasteiger partial charge in [-0.25, -0.2) is 0 Å². The van der Waals surface area contributed by atoms with Crippen molar-refractivity contribution in [2.45, 2.75) is 13.1 Å². The van der Waals surface area contributed by atoms with Crippen molar-refractivity contribution in [3.8, 4) is 28.6 Å². The molecule has 0 unspecified atom stereocenters. The van der Waals surface area contributed by atoms with Gasteiger partial charge in [0.25, 0.3) is 5.91 Å². The van der Waals surface area contributed by atoms with E-state index in [0.717, 1.165) is 10.4 Å². The number of hydrogen-bond donors (Lipinski definition) is 0. The number of methoxy groups -OCH3 is 1. The first-order chi connectivity index (χ1) is 16.2. The number of anilines is 1. The van der Waals surface area contributed by atoms with Crippen LogP contribution in [0.25, 0.3) is 11.4 Å². The Morgan fingerprint density at radius 1 is 1.12 bits per heavy atom. The second-order valence-electron chi connectivity index (χ2n) is 7.26. The second kappa shape index (κ2) is 9.29.